The van der Waals surface area contributed by atoms with Gasteiger partial charge in [-0.3, -0.25) is 9.67 Å². The SMILES string of the molecule is CCCn1nccc1-c1ncccc1CC1CCCN(C)C1. The van der Waals surface area contributed by atoms with Crippen molar-refractivity contribution in [1.82, 2.24) is 19.7 Å². The summed E-state index contributed by atoms with van der Waals surface area (Å²) in [4.78, 5) is 7.12. The Kier molecular flexibility index (Phi) is 4.88. The van der Waals surface area contributed by atoms with Crippen LogP contribution in [0.15, 0.2) is 30.6 Å². The predicted molar refractivity (Wildman–Crippen MR) is 89.7 cm³/mol. The van der Waals surface area contributed by atoms with Crippen LogP contribution in [-0.4, -0.2) is 39.8 Å². The van der Waals surface area contributed by atoms with Crippen LogP contribution in [0.25, 0.3) is 11.4 Å². The largest absolute Gasteiger partial charge is 0.306 e. The van der Waals surface area contributed by atoms with E-state index < -0.39 is 0 Å². The lowest BCUT2D eigenvalue weighted by atomic mass is 9.90. The molecule has 1 aliphatic heterocycles. The molecule has 0 aromatic carbocycles. The Morgan fingerprint density at radius 3 is 3.00 bits per heavy atom. The van der Waals surface area contributed by atoms with E-state index in [1.54, 1.807) is 0 Å². The van der Waals surface area contributed by atoms with Gasteiger partial charge in [-0.1, -0.05) is 13.0 Å². The third kappa shape index (κ3) is 3.38. The average Bonchev–Trinajstić information content (AvgIpc) is 2.96. The summed E-state index contributed by atoms with van der Waals surface area (Å²) in [6.45, 7) is 5.56. The van der Waals surface area contributed by atoms with Gasteiger partial charge in [0.15, 0.2) is 0 Å². The molecule has 0 aliphatic carbocycles. The Morgan fingerprint density at radius 2 is 2.18 bits per heavy atom. The maximum Gasteiger partial charge on any atom is 0.0914 e. The van der Waals surface area contributed by atoms with E-state index in [2.05, 4.69) is 51.8 Å². The van der Waals surface area contributed by atoms with Crippen molar-refractivity contribution in [2.24, 2.45) is 5.92 Å². The first-order chi connectivity index (χ1) is 10.8. The van der Waals surface area contributed by atoms with Gasteiger partial charge >= 0.3 is 0 Å². The van der Waals surface area contributed by atoms with Gasteiger partial charge in [-0.25, -0.2) is 0 Å². The number of aromatic nitrogens is 3. The topological polar surface area (TPSA) is 34.0 Å². The first-order valence-electron chi connectivity index (χ1n) is 8.42. The summed E-state index contributed by atoms with van der Waals surface area (Å²) >= 11 is 0. The molecule has 0 amide bonds. The smallest absolute Gasteiger partial charge is 0.0914 e. The molecule has 1 unspecified atom stereocenters. The van der Waals surface area contributed by atoms with E-state index in [9.17, 15) is 0 Å². The van der Waals surface area contributed by atoms with Crippen LogP contribution in [0.2, 0.25) is 0 Å². The normalized spacial score (nSPS) is 19.5. The van der Waals surface area contributed by atoms with Crippen LogP contribution >= 0.6 is 0 Å². The first-order valence-corrected chi connectivity index (χ1v) is 8.42. The molecule has 2 aromatic heterocycles. The lowest BCUT2D eigenvalue weighted by molar-refractivity contribution is 0.209. The molecule has 0 N–H and O–H groups in total. The van der Waals surface area contributed by atoms with Crippen molar-refractivity contribution in [3.63, 3.8) is 0 Å². The summed E-state index contributed by atoms with van der Waals surface area (Å²) in [5, 5.41) is 4.45. The Labute approximate surface area is 133 Å². The Morgan fingerprint density at radius 1 is 1.27 bits per heavy atom. The number of likely N-dealkylation sites (tertiary alicyclic amines) is 1. The Balaban J connectivity index is 1.85. The zero-order valence-electron chi connectivity index (χ0n) is 13.7. The fourth-order valence-corrected chi connectivity index (χ4v) is 3.51. The molecular formula is C18H26N4. The summed E-state index contributed by atoms with van der Waals surface area (Å²) in [6, 6.07) is 6.39. The third-order valence-electron chi connectivity index (χ3n) is 4.52. The first kappa shape index (κ1) is 15.2. The van der Waals surface area contributed by atoms with Gasteiger partial charge in [0.2, 0.25) is 0 Å². The molecule has 1 fully saturated rings. The van der Waals surface area contributed by atoms with Gasteiger partial charge < -0.3 is 4.90 Å². The summed E-state index contributed by atoms with van der Waals surface area (Å²) in [6.07, 6.45) is 8.62. The fraction of sp³-hybridized carbons (Fsp3) is 0.556. The van der Waals surface area contributed by atoms with E-state index >= 15 is 0 Å². The van der Waals surface area contributed by atoms with E-state index in [1.165, 1.54) is 31.5 Å². The molecule has 3 rings (SSSR count). The van der Waals surface area contributed by atoms with Gasteiger partial charge in [-0.05, 0) is 62.9 Å². The lowest BCUT2D eigenvalue weighted by Crippen LogP contribution is -2.33. The molecule has 4 heteroatoms. The van der Waals surface area contributed by atoms with Gasteiger partial charge in [0.25, 0.3) is 0 Å². The van der Waals surface area contributed by atoms with Crippen LogP contribution in [0.4, 0.5) is 0 Å². The standard InChI is InChI=1S/C18H26N4/c1-3-11-22-17(8-10-20-22)18-16(7-4-9-19-18)13-15-6-5-12-21(2)14-15/h4,7-10,15H,3,5-6,11-14H2,1-2H3. The van der Waals surface area contributed by atoms with Crippen LogP contribution in [0.5, 0.6) is 0 Å². The van der Waals surface area contributed by atoms with Gasteiger partial charge in [-0.15, -0.1) is 0 Å². The van der Waals surface area contributed by atoms with Crippen molar-refractivity contribution in [3.8, 4) is 11.4 Å². The van der Waals surface area contributed by atoms with Gasteiger partial charge in [-0.2, -0.15) is 5.10 Å². The minimum atomic E-state index is 0.740. The van der Waals surface area contributed by atoms with E-state index in [-0.39, 0.29) is 0 Å². The van der Waals surface area contributed by atoms with Crippen LogP contribution in [0.3, 0.4) is 0 Å². The summed E-state index contributed by atoms with van der Waals surface area (Å²) in [5.74, 6) is 0.740. The number of nitrogens with zero attached hydrogens (tertiary/aromatic N) is 4. The molecule has 0 saturated carbocycles. The molecule has 2 aromatic rings. The second kappa shape index (κ2) is 7.05. The Bertz CT molecular complexity index is 605. The number of hydrogen-bond acceptors (Lipinski definition) is 3. The summed E-state index contributed by atoms with van der Waals surface area (Å²) in [5.41, 5.74) is 3.63. The third-order valence-corrected chi connectivity index (χ3v) is 4.52. The maximum absolute atomic E-state index is 4.67. The number of pyridine rings is 1. The van der Waals surface area contributed by atoms with Crippen molar-refractivity contribution >= 4 is 0 Å². The van der Waals surface area contributed by atoms with Crippen molar-refractivity contribution in [2.45, 2.75) is 39.2 Å². The van der Waals surface area contributed by atoms with E-state index in [4.69, 9.17) is 0 Å². The zero-order valence-corrected chi connectivity index (χ0v) is 13.7. The molecule has 1 atom stereocenters. The van der Waals surface area contributed by atoms with Gasteiger partial charge in [0.05, 0.1) is 11.4 Å². The van der Waals surface area contributed by atoms with E-state index in [0.717, 1.165) is 36.7 Å². The molecule has 22 heavy (non-hydrogen) atoms. The minimum absolute atomic E-state index is 0.740. The maximum atomic E-state index is 4.67. The quantitative estimate of drug-likeness (QED) is 0.850. The number of piperidine rings is 1. The van der Waals surface area contributed by atoms with Crippen LogP contribution in [0.1, 0.15) is 31.7 Å². The molecule has 4 nitrogen and oxygen atoms in total. The molecule has 0 radical (unpaired) electrons. The van der Waals surface area contributed by atoms with Crippen molar-refractivity contribution in [1.29, 1.82) is 0 Å². The monoisotopic (exact) mass is 298 g/mol. The molecule has 1 aliphatic rings. The number of aryl methyl sites for hydroxylation is 1. The highest BCUT2D eigenvalue weighted by atomic mass is 15.3. The highest BCUT2D eigenvalue weighted by Gasteiger charge is 2.20. The van der Waals surface area contributed by atoms with Crippen LogP contribution in [-0.2, 0) is 13.0 Å². The second-order valence-electron chi connectivity index (χ2n) is 6.43. The number of rotatable bonds is 5. The molecule has 0 spiro atoms. The van der Waals surface area contributed by atoms with Gasteiger partial charge in [0, 0.05) is 25.5 Å². The molecule has 1 saturated heterocycles. The summed E-state index contributed by atoms with van der Waals surface area (Å²) < 4.78 is 2.08. The molecule has 3 heterocycles. The van der Waals surface area contributed by atoms with Crippen molar-refractivity contribution in [3.05, 3.63) is 36.2 Å². The van der Waals surface area contributed by atoms with E-state index in [1.807, 2.05) is 12.4 Å². The lowest BCUT2D eigenvalue weighted by Gasteiger charge is -2.30. The molecular weight excluding hydrogens is 272 g/mol. The fourth-order valence-electron chi connectivity index (χ4n) is 3.51. The predicted octanol–water partition coefficient (Wildman–Crippen LogP) is 3.24. The molecule has 118 valence electrons. The average molecular weight is 298 g/mol. The van der Waals surface area contributed by atoms with Crippen molar-refractivity contribution < 1.29 is 0 Å². The summed E-state index contributed by atoms with van der Waals surface area (Å²) in [7, 11) is 2.23. The van der Waals surface area contributed by atoms with E-state index in [0.29, 0.717) is 0 Å². The zero-order chi connectivity index (χ0) is 15.4. The van der Waals surface area contributed by atoms with Crippen molar-refractivity contribution in [2.75, 3.05) is 20.1 Å². The highest BCUT2D eigenvalue weighted by Crippen LogP contribution is 2.26. The van der Waals surface area contributed by atoms with Gasteiger partial charge in [0.1, 0.15) is 0 Å². The molecule has 0 bridgehead atoms. The minimum Gasteiger partial charge on any atom is -0.306 e. The highest BCUT2D eigenvalue weighted by molar-refractivity contribution is 5.58. The van der Waals surface area contributed by atoms with Crippen LogP contribution in [0, 0.1) is 5.92 Å². The van der Waals surface area contributed by atoms with Crippen LogP contribution < -0.4 is 0 Å². The second-order valence-corrected chi connectivity index (χ2v) is 6.43. The number of hydrogen-bond donors (Lipinski definition) is 0. The Hall–Kier alpha value is -1.68.